The first kappa shape index (κ1) is 10.4. The second-order valence-corrected chi connectivity index (χ2v) is 3.33. The van der Waals surface area contributed by atoms with Gasteiger partial charge in [0.2, 0.25) is 0 Å². The maximum atomic E-state index is 8.51. The highest BCUT2D eigenvalue weighted by Crippen LogP contribution is 2.15. The van der Waals surface area contributed by atoms with Gasteiger partial charge in [-0.25, -0.2) is 4.98 Å². The molecule has 0 saturated heterocycles. The lowest BCUT2D eigenvalue weighted by molar-refractivity contribution is 0.0799. The van der Waals surface area contributed by atoms with Gasteiger partial charge < -0.3 is 9.84 Å². The average molecular weight is 199 g/mol. The largest absolute Gasteiger partial charge is 0.394 e. The maximum Gasteiger partial charge on any atom is 0.0903 e. The minimum Gasteiger partial charge on any atom is -0.394 e. The molecule has 72 valence electrons. The molecule has 1 aromatic rings. The van der Waals surface area contributed by atoms with E-state index in [2.05, 4.69) is 4.98 Å². The van der Waals surface area contributed by atoms with Crippen molar-refractivity contribution in [3.8, 4) is 0 Å². The van der Waals surface area contributed by atoms with Gasteiger partial charge in [-0.05, 0) is 13.0 Å². The molecular formula is C9H13NO2S. The standard InChI is InChI=1S/C9H13NO2S/c1-2-3-9-8(10-7-13-9)6-12-5-4-11/h2-3,7,11H,4-6H2,1H3/b3-2-. The molecular weight excluding hydrogens is 186 g/mol. The third-order valence-corrected chi connectivity index (χ3v) is 2.30. The number of hydrogen-bond donors (Lipinski definition) is 1. The summed E-state index contributed by atoms with van der Waals surface area (Å²) < 4.78 is 5.17. The van der Waals surface area contributed by atoms with Gasteiger partial charge in [-0.1, -0.05) is 6.08 Å². The molecule has 0 saturated carbocycles. The lowest BCUT2D eigenvalue weighted by Crippen LogP contribution is -2.00. The van der Waals surface area contributed by atoms with Crippen LogP contribution in [-0.2, 0) is 11.3 Å². The minimum absolute atomic E-state index is 0.0586. The highest BCUT2D eigenvalue weighted by molar-refractivity contribution is 7.10. The van der Waals surface area contributed by atoms with Gasteiger partial charge in [-0.2, -0.15) is 0 Å². The molecule has 0 bridgehead atoms. The highest BCUT2D eigenvalue weighted by Gasteiger charge is 2.02. The Hall–Kier alpha value is -0.710. The summed E-state index contributed by atoms with van der Waals surface area (Å²) in [5.41, 5.74) is 2.74. The van der Waals surface area contributed by atoms with E-state index in [-0.39, 0.29) is 6.61 Å². The van der Waals surface area contributed by atoms with Gasteiger partial charge in [-0.3, -0.25) is 0 Å². The van der Waals surface area contributed by atoms with Gasteiger partial charge in [0, 0.05) is 0 Å². The van der Waals surface area contributed by atoms with Crippen LogP contribution in [0.5, 0.6) is 0 Å². The van der Waals surface area contributed by atoms with E-state index in [0.29, 0.717) is 13.2 Å². The maximum absolute atomic E-state index is 8.51. The van der Waals surface area contributed by atoms with Gasteiger partial charge in [-0.15, -0.1) is 11.3 Å². The van der Waals surface area contributed by atoms with Gasteiger partial charge in [0.1, 0.15) is 0 Å². The molecule has 0 aliphatic heterocycles. The predicted molar refractivity (Wildman–Crippen MR) is 53.6 cm³/mol. The Kier molecular flexibility index (Phi) is 4.67. The Labute approximate surface area is 81.7 Å². The van der Waals surface area contributed by atoms with Crippen molar-refractivity contribution in [2.75, 3.05) is 13.2 Å². The van der Waals surface area contributed by atoms with Crippen LogP contribution >= 0.6 is 11.3 Å². The number of aliphatic hydroxyl groups is 1. The number of ether oxygens (including phenoxy) is 1. The van der Waals surface area contributed by atoms with Crippen LogP contribution in [-0.4, -0.2) is 23.3 Å². The zero-order valence-electron chi connectivity index (χ0n) is 7.56. The fraction of sp³-hybridized carbons (Fsp3) is 0.444. The summed E-state index contributed by atoms with van der Waals surface area (Å²) in [4.78, 5) is 5.29. The topological polar surface area (TPSA) is 42.4 Å². The van der Waals surface area contributed by atoms with E-state index in [1.807, 2.05) is 19.1 Å². The summed E-state index contributed by atoms with van der Waals surface area (Å²) in [6, 6.07) is 0. The number of nitrogens with zero attached hydrogens (tertiary/aromatic N) is 1. The van der Waals surface area contributed by atoms with Crippen LogP contribution in [0.1, 0.15) is 17.5 Å². The van der Waals surface area contributed by atoms with Crippen molar-refractivity contribution in [2.24, 2.45) is 0 Å². The molecule has 1 rings (SSSR count). The van der Waals surface area contributed by atoms with Gasteiger partial charge in [0.05, 0.1) is 35.9 Å². The Balaban J connectivity index is 2.50. The van der Waals surface area contributed by atoms with Crippen LogP contribution in [0, 0.1) is 0 Å². The first-order valence-electron chi connectivity index (χ1n) is 4.12. The van der Waals surface area contributed by atoms with E-state index < -0.39 is 0 Å². The van der Waals surface area contributed by atoms with Crippen LogP contribution < -0.4 is 0 Å². The van der Waals surface area contributed by atoms with Crippen LogP contribution in [0.25, 0.3) is 6.08 Å². The van der Waals surface area contributed by atoms with E-state index in [1.165, 1.54) is 0 Å². The van der Waals surface area contributed by atoms with Crippen molar-refractivity contribution in [1.29, 1.82) is 0 Å². The van der Waals surface area contributed by atoms with Crippen molar-refractivity contribution in [1.82, 2.24) is 4.98 Å². The van der Waals surface area contributed by atoms with E-state index in [0.717, 1.165) is 10.6 Å². The number of hydrogen-bond acceptors (Lipinski definition) is 4. The normalized spacial score (nSPS) is 11.2. The molecule has 0 fully saturated rings. The number of aromatic nitrogens is 1. The molecule has 0 aliphatic rings. The monoisotopic (exact) mass is 199 g/mol. The van der Waals surface area contributed by atoms with Gasteiger partial charge in [0.25, 0.3) is 0 Å². The number of aliphatic hydroxyl groups excluding tert-OH is 1. The van der Waals surface area contributed by atoms with Crippen molar-refractivity contribution < 1.29 is 9.84 Å². The zero-order chi connectivity index (χ0) is 9.52. The van der Waals surface area contributed by atoms with Gasteiger partial charge >= 0.3 is 0 Å². The number of thiazole rings is 1. The molecule has 1 heterocycles. The number of allylic oxidation sites excluding steroid dienone is 1. The van der Waals surface area contributed by atoms with E-state index in [1.54, 1.807) is 16.8 Å². The summed E-state index contributed by atoms with van der Waals surface area (Å²) in [5.74, 6) is 0. The fourth-order valence-corrected chi connectivity index (χ4v) is 1.66. The average Bonchev–Trinajstić information content (AvgIpc) is 2.54. The van der Waals surface area contributed by atoms with Crippen LogP contribution in [0.4, 0.5) is 0 Å². The first-order chi connectivity index (χ1) is 6.38. The Bertz CT molecular complexity index is 270. The molecule has 0 amide bonds. The molecule has 0 radical (unpaired) electrons. The Morgan fingerprint density at radius 2 is 2.54 bits per heavy atom. The predicted octanol–water partition coefficient (Wildman–Crippen LogP) is 1.69. The molecule has 0 atom stereocenters. The minimum atomic E-state index is 0.0586. The Morgan fingerprint density at radius 3 is 3.23 bits per heavy atom. The zero-order valence-corrected chi connectivity index (χ0v) is 8.38. The van der Waals surface area contributed by atoms with Crippen molar-refractivity contribution >= 4 is 17.4 Å². The smallest absolute Gasteiger partial charge is 0.0903 e. The SMILES string of the molecule is C/C=C\c1scnc1COCCO. The number of rotatable bonds is 5. The summed E-state index contributed by atoms with van der Waals surface area (Å²) in [6.45, 7) is 2.87. The van der Waals surface area contributed by atoms with Crippen molar-refractivity contribution in [3.63, 3.8) is 0 Å². The highest BCUT2D eigenvalue weighted by atomic mass is 32.1. The molecule has 0 aromatic carbocycles. The van der Waals surface area contributed by atoms with Crippen molar-refractivity contribution in [2.45, 2.75) is 13.5 Å². The third-order valence-electron chi connectivity index (χ3n) is 1.47. The molecule has 0 aliphatic carbocycles. The van der Waals surface area contributed by atoms with E-state index in [4.69, 9.17) is 9.84 Å². The van der Waals surface area contributed by atoms with Crippen LogP contribution in [0.2, 0.25) is 0 Å². The Morgan fingerprint density at radius 1 is 1.69 bits per heavy atom. The summed E-state index contributed by atoms with van der Waals surface area (Å²) in [7, 11) is 0. The third kappa shape index (κ3) is 3.26. The van der Waals surface area contributed by atoms with E-state index in [9.17, 15) is 0 Å². The molecule has 13 heavy (non-hydrogen) atoms. The fourth-order valence-electron chi connectivity index (χ4n) is 0.907. The summed E-state index contributed by atoms with van der Waals surface area (Å²) in [5, 5.41) is 8.51. The van der Waals surface area contributed by atoms with Crippen molar-refractivity contribution in [3.05, 3.63) is 22.2 Å². The molecule has 1 aromatic heterocycles. The second kappa shape index (κ2) is 5.85. The molecule has 0 unspecified atom stereocenters. The quantitative estimate of drug-likeness (QED) is 0.734. The molecule has 4 heteroatoms. The lowest BCUT2D eigenvalue weighted by Gasteiger charge is -1.99. The lowest BCUT2D eigenvalue weighted by atomic mass is 10.3. The van der Waals surface area contributed by atoms with Crippen LogP contribution in [0.3, 0.4) is 0 Å². The van der Waals surface area contributed by atoms with Crippen LogP contribution in [0.15, 0.2) is 11.6 Å². The first-order valence-corrected chi connectivity index (χ1v) is 5.00. The van der Waals surface area contributed by atoms with E-state index >= 15 is 0 Å². The molecule has 3 nitrogen and oxygen atoms in total. The summed E-state index contributed by atoms with van der Waals surface area (Å²) >= 11 is 1.59. The molecule has 1 N–H and O–H groups in total. The second-order valence-electron chi connectivity index (χ2n) is 2.44. The van der Waals surface area contributed by atoms with Gasteiger partial charge in [0.15, 0.2) is 0 Å². The summed E-state index contributed by atoms with van der Waals surface area (Å²) in [6.07, 6.45) is 3.98. The molecule has 0 spiro atoms.